The van der Waals surface area contributed by atoms with E-state index < -0.39 is 6.10 Å². The van der Waals surface area contributed by atoms with Gasteiger partial charge in [0.1, 0.15) is 0 Å². The summed E-state index contributed by atoms with van der Waals surface area (Å²) in [5, 5.41) is 10.2. The van der Waals surface area contributed by atoms with Crippen molar-refractivity contribution in [2.45, 2.75) is 12.6 Å². The molecule has 0 fully saturated rings. The second-order valence-electron chi connectivity index (χ2n) is 3.65. The van der Waals surface area contributed by atoms with Crippen LogP contribution in [0.15, 0.2) is 24.3 Å². The Hall–Kier alpha value is -0.380. The van der Waals surface area contributed by atoms with Crippen molar-refractivity contribution in [3.05, 3.63) is 35.4 Å². The summed E-state index contributed by atoms with van der Waals surface area (Å²) < 4.78 is 0. The Morgan fingerprint density at radius 3 is 2.71 bits per heavy atom. The monoisotopic (exact) mass is 257 g/mol. The normalized spacial score (nSPS) is 13.2. The maximum Gasteiger partial charge on any atom is 0.0886 e. The molecule has 1 aromatic rings. The lowest BCUT2D eigenvalue weighted by atomic mass is 10.1. The summed E-state index contributed by atoms with van der Waals surface area (Å²) in [7, 11) is 4.07. The van der Waals surface area contributed by atoms with E-state index >= 15 is 0 Å². The smallest absolute Gasteiger partial charge is 0.0886 e. The van der Waals surface area contributed by atoms with E-state index in [9.17, 15) is 5.11 Å². The molecule has 1 rings (SSSR count). The second kappa shape index (κ2) is 5.49. The van der Waals surface area contributed by atoms with Gasteiger partial charge in [-0.25, -0.2) is 0 Å². The van der Waals surface area contributed by atoms with Crippen LogP contribution in [0.5, 0.6) is 0 Å². The molecule has 0 aliphatic carbocycles. The maximum absolute atomic E-state index is 9.63. The molecule has 0 aromatic heterocycles. The molecule has 0 saturated heterocycles. The highest BCUT2D eigenvalue weighted by Crippen LogP contribution is 2.16. The van der Waals surface area contributed by atoms with Gasteiger partial charge in [0.15, 0.2) is 0 Å². The molecule has 1 unspecified atom stereocenters. The summed E-state index contributed by atoms with van der Waals surface area (Å²) in [6.07, 6.45) is -0.405. The van der Waals surface area contributed by atoms with Crippen LogP contribution in [0.1, 0.15) is 17.2 Å². The van der Waals surface area contributed by atoms with Gasteiger partial charge in [0.05, 0.1) is 6.10 Å². The third-order valence-corrected chi connectivity index (χ3v) is 2.59. The Kier molecular flexibility index (Phi) is 4.58. The summed E-state index contributed by atoms with van der Waals surface area (Å²) in [6, 6.07) is 8.06. The van der Waals surface area contributed by atoms with Crippen LogP contribution < -0.4 is 0 Å². The van der Waals surface area contributed by atoms with Gasteiger partial charge in [0, 0.05) is 11.9 Å². The molecule has 2 nitrogen and oxygen atoms in total. The first kappa shape index (κ1) is 11.7. The van der Waals surface area contributed by atoms with Crippen LogP contribution in [0.4, 0.5) is 0 Å². The lowest BCUT2D eigenvalue weighted by molar-refractivity contribution is 0.205. The minimum absolute atomic E-state index is 0.405. The predicted molar refractivity (Wildman–Crippen MR) is 62.6 cm³/mol. The number of rotatable bonds is 4. The molecule has 3 heteroatoms. The SMILES string of the molecule is CN(C)Cc1cccc(C(O)CBr)c1. The van der Waals surface area contributed by atoms with Crippen LogP contribution in [-0.2, 0) is 6.54 Å². The van der Waals surface area contributed by atoms with Gasteiger partial charge in [0.25, 0.3) is 0 Å². The molecule has 0 radical (unpaired) electrons. The fourth-order valence-electron chi connectivity index (χ4n) is 1.35. The molecule has 14 heavy (non-hydrogen) atoms. The zero-order chi connectivity index (χ0) is 10.6. The molecule has 1 aromatic carbocycles. The average Bonchev–Trinajstić information content (AvgIpc) is 2.16. The largest absolute Gasteiger partial charge is 0.388 e. The molecule has 0 aliphatic heterocycles. The van der Waals surface area contributed by atoms with E-state index in [0.29, 0.717) is 5.33 Å². The first-order valence-corrected chi connectivity index (χ1v) is 5.73. The molecule has 0 saturated carbocycles. The van der Waals surface area contributed by atoms with Gasteiger partial charge in [-0.05, 0) is 25.2 Å². The zero-order valence-electron chi connectivity index (χ0n) is 8.57. The van der Waals surface area contributed by atoms with Gasteiger partial charge in [0.2, 0.25) is 0 Å². The topological polar surface area (TPSA) is 23.5 Å². The Balaban J connectivity index is 2.78. The average molecular weight is 258 g/mol. The van der Waals surface area contributed by atoms with Crippen LogP contribution >= 0.6 is 15.9 Å². The summed E-state index contributed by atoms with van der Waals surface area (Å²) in [5.74, 6) is 0. The summed E-state index contributed by atoms with van der Waals surface area (Å²) in [6.45, 7) is 0.906. The number of hydrogen-bond acceptors (Lipinski definition) is 2. The van der Waals surface area contributed by atoms with Gasteiger partial charge in [-0.3, -0.25) is 0 Å². The minimum Gasteiger partial charge on any atom is -0.388 e. The van der Waals surface area contributed by atoms with Crippen molar-refractivity contribution in [1.82, 2.24) is 4.90 Å². The number of halogens is 1. The number of alkyl halides is 1. The summed E-state index contributed by atoms with van der Waals surface area (Å²) in [5.41, 5.74) is 2.20. The molecule has 1 atom stereocenters. The molecule has 0 heterocycles. The third-order valence-electron chi connectivity index (χ3n) is 1.98. The molecular weight excluding hydrogens is 242 g/mol. The molecule has 1 N–H and O–H groups in total. The highest BCUT2D eigenvalue weighted by molar-refractivity contribution is 9.09. The fraction of sp³-hybridized carbons (Fsp3) is 0.455. The highest BCUT2D eigenvalue weighted by Gasteiger charge is 2.05. The van der Waals surface area contributed by atoms with Crippen LogP contribution in [0.2, 0.25) is 0 Å². The number of nitrogens with zero attached hydrogens (tertiary/aromatic N) is 1. The highest BCUT2D eigenvalue weighted by atomic mass is 79.9. The first-order chi connectivity index (χ1) is 6.63. The standard InChI is InChI=1S/C11H16BrNO/c1-13(2)8-9-4-3-5-10(6-9)11(14)7-12/h3-6,11,14H,7-8H2,1-2H3. The lowest BCUT2D eigenvalue weighted by Crippen LogP contribution is -2.11. The van der Waals surface area contributed by atoms with E-state index in [-0.39, 0.29) is 0 Å². The predicted octanol–water partition coefficient (Wildman–Crippen LogP) is 2.18. The Morgan fingerprint density at radius 1 is 1.43 bits per heavy atom. The van der Waals surface area contributed by atoms with Crippen LogP contribution in [-0.4, -0.2) is 29.4 Å². The Labute approximate surface area is 93.7 Å². The maximum atomic E-state index is 9.63. The van der Waals surface area contributed by atoms with Crippen LogP contribution in [0.25, 0.3) is 0 Å². The minimum atomic E-state index is -0.405. The van der Waals surface area contributed by atoms with Gasteiger partial charge >= 0.3 is 0 Å². The van der Waals surface area contributed by atoms with E-state index in [1.54, 1.807) is 0 Å². The van der Waals surface area contributed by atoms with E-state index in [1.165, 1.54) is 5.56 Å². The van der Waals surface area contributed by atoms with Crippen molar-refractivity contribution in [1.29, 1.82) is 0 Å². The first-order valence-electron chi connectivity index (χ1n) is 4.61. The third kappa shape index (κ3) is 3.40. The molecule has 78 valence electrons. The quantitative estimate of drug-likeness (QED) is 0.837. The number of benzene rings is 1. The van der Waals surface area contributed by atoms with Crippen molar-refractivity contribution in [2.75, 3.05) is 19.4 Å². The Morgan fingerprint density at radius 2 is 2.14 bits per heavy atom. The second-order valence-corrected chi connectivity index (χ2v) is 4.30. The summed E-state index contributed by atoms with van der Waals surface area (Å²) >= 11 is 3.27. The van der Waals surface area contributed by atoms with Gasteiger partial charge < -0.3 is 10.0 Å². The molecule has 0 spiro atoms. The van der Waals surface area contributed by atoms with Gasteiger partial charge in [-0.15, -0.1) is 0 Å². The van der Waals surface area contributed by atoms with E-state index in [1.807, 2.05) is 32.3 Å². The Bertz CT molecular complexity index is 288. The molecule has 0 amide bonds. The van der Waals surface area contributed by atoms with Crippen molar-refractivity contribution in [3.8, 4) is 0 Å². The van der Waals surface area contributed by atoms with Crippen LogP contribution in [0, 0.1) is 0 Å². The fourth-order valence-corrected chi connectivity index (χ4v) is 1.73. The van der Waals surface area contributed by atoms with Crippen molar-refractivity contribution in [3.63, 3.8) is 0 Å². The number of aliphatic hydroxyl groups excluding tert-OH is 1. The molecular formula is C11H16BrNO. The molecule has 0 aliphatic rings. The van der Waals surface area contributed by atoms with Crippen molar-refractivity contribution < 1.29 is 5.11 Å². The van der Waals surface area contributed by atoms with Gasteiger partial charge in [-0.2, -0.15) is 0 Å². The van der Waals surface area contributed by atoms with E-state index in [4.69, 9.17) is 0 Å². The van der Waals surface area contributed by atoms with E-state index in [2.05, 4.69) is 26.9 Å². The summed E-state index contributed by atoms with van der Waals surface area (Å²) in [4.78, 5) is 2.11. The van der Waals surface area contributed by atoms with Gasteiger partial charge in [-0.1, -0.05) is 40.2 Å². The van der Waals surface area contributed by atoms with Crippen molar-refractivity contribution >= 4 is 15.9 Å². The number of aliphatic hydroxyl groups is 1. The molecule has 0 bridgehead atoms. The van der Waals surface area contributed by atoms with E-state index in [0.717, 1.165) is 12.1 Å². The zero-order valence-corrected chi connectivity index (χ0v) is 10.2. The number of hydrogen-bond donors (Lipinski definition) is 1. The van der Waals surface area contributed by atoms with Crippen molar-refractivity contribution in [2.24, 2.45) is 0 Å². The lowest BCUT2D eigenvalue weighted by Gasteiger charge is -2.12. The van der Waals surface area contributed by atoms with Crippen LogP contribution in [0.3, 0.4) is 0 Å².